The second kappa shape index (κ2) is 8.84. The number of halogens is 1. The number of anilines is 1. The van der Waals surface area contributed by atoms with Crippen molar-refractivity contribution in [3.05, 3.63) is 41.1 Å². The number of carbonyl (C=O) groups is 1. The predicted molar refractivity (Wildman–Crippen MR) is 102 cm³/mol. The van der Waals surface area contributed by atoms with E-state index in [2.05, 4.69) is 31.2 Å². The van der Waals surface area contributed by atoms with E-state index in [0.717, 1.165) is 29.5 Å². The number of likely N-dealkylation sites (tertiary alicyclic amines) is 1. The molecule has 2 heterocycles. The van der Waals surface area contributed by atoms with E-state index in [1.165, 1.54) is 0 Å². The number of ether oxygens (including phenoxy) is 2. The zero-order valence-electron chi connectivity index (χ0n) is 14.5. The number of aromatic nitrogens is 2. The molecule has 1 fully saturated rings. The van der Waals surface area contributed by atoms with Crippen molar-refractivity contribution < 1.29 is 14.3 Å². The first-order valence-electron chi connectivity index (χ1n) is 8.44. The molecule has 2 aromatic rings. The number of rotatable bonds is 5. The van der Waals surface area contributed by atoms with Crippen molar-refractivity contribution in [3.8, 4) is 11.8 Å². The number of nitrogens with zero attached hydrogens (tertiary/aromatic N) is 3. The van der Waals surface area contributed by atoms with Crippen LogP contribution in [0.5, 0.6) is 11.8 Å². The van der Waals surface area contributed by atoms with Gasteiger partial charge in [-0.3, -0.25) is 0 Å². The Balaban J connectivity index is 1.52. The quantitative estimate of drug-likeness (QED) is 0.799. The molecule has 1 aromatic carbocycles. The number of carbonyl (C=O) groups excluding carboxylic acids is 1. The van der Waals surface area contributed by atoms with Crippen molar-refractivity contribution in [1.29, 1.82) is 0 Å². The second-order valence-electron chi connectivity index (χ2n) is 6.11. The fourth-order valence-corrected chi connectivity index (χ4v) is 3.06. The Kier molecular flexibility index (Phi) is 6.27. The van der Waals surface area contributed by atoms with E-state index in [0.29, 0.717) is 24.9 Å². The Labute approximate surface area is 160 Å². The molecule has 3 rings (SSSR count). The summed E-state index contributed by atoms with van der Waals surface area (Å²) in [5.74, 6) is 0.967. The van der Waals surface area contributed by atoms with E-state index < -0.39 is 0 Å². The summed E-state index contributed by atoms with van der Waals surface area (Å²) in [7, 11) is 1.60. The summed E-state index contributed by atoms with van der Waals surface area (Å²) in [6, 6.07) is 7.57. The van der Waals surface area contributed by atoms with Gasteiger partial charge < -0.3 is 19.7 Å². The summed E-state index contributed by atoms with van der Waals surface area (Å²) in [4.78, 5) is 22.6. The maximum Gasteiger partial charge on any atom is 0.321 e. The first kappa shape index (κ1) is 18.4. The van der Waals surface area contributed by atoms with Crippen molar-refractivity contribution in [2.75, 3.05) is 32.1 Å². The number of hydrogen-bond acceptors (Lipinski definition) is 5. The highest BCUT2D eigenvalue weighted by Crippen LogP contribution is 2.21. The van der Waals surface area contributed by atoms with Gasteiger partial charge in [-0.2, -0.15) is 0 Å². The van der Waals surface area contributed by atoms with Crippen LogP contribution in [0.3, 0.4) is 0 Å². The Morgan fingerprint density at radius 2 is 2.19 bits per heavy atom. The lowest BCUT2D eigenvalue weighted by Crippen LogP contribution is -2.43. The minimum atomic E-state index is -0.108. The molecule has 26 heavy (non-hydrogen) atoms. The van der Waals surface area contributed by atoms with E-state index in [4.69, 9.17) is 9.47 Å². The number of methoxy groups -OCH3 is 1. The standard InChI is InChI=1S/C18H21BrN4O3/c1-25-16-6-2-5-15(8-16)22-18(24)23-7-3-4-13(11-23)12-26-17-20-9-14(19)10-21-17/h2,5-6,8-10,13H,3-4,7,11-12H2,1H3,(H,22,24). The summed E-state index contributed by atoms with van der Waals surface area (Å²) in [6.45, 7) is 1.87. The zero-order chi connectivity index (χ0) is 18.4. The number of piperidine rings is 1. The molecule has 7 nitrogen and oxygen atoms in total. The molecular formula is C18H21BrN4O3. The van der Waals surface area contributed by atoms with Crippen molar-refractivity contribution >= 4 is 27.6 Å². The van der Waals surface area contributed by atoms with Crippen LogP contribution in [0.1, 0.15) is 12.8 Å². The third-order valence-electron chi connectivity index (χ3n) is 4.17. The van der Waals surface area contributed by atoms with Gasteiger partial charge in [-0.1, -0.05) is 6.07 Å². The topological polar surface area (TPSA) is 76.6 Å². The van der Waals surface area contributed by atoms with Gasteiger partial charge in [0, 0.05) is 43.2 Å². The summed E-state index contributed by atoms with van der Waals surface area (Å²) in [5, 5.41) is 2.92. The van der Waals surface area contributed by atoms with Crippen molar-refractivity contribution in [2.24, 2.45) is 5.92 Å². The number of nitrogens with one attached hydrogen (secondary N) is 1. The molecule has 0 spiro atoms. The Hall–Kier alpha value is -2.35. The fraction of sp³-hybridized carbons (Fsp3) is 0.389. The highest BCUT2D eigenvalue weighted by Gasteiger charge is 2.24. The number of amides is 2. The molecular weight excluding hydrogens is 400 g/mol. The van der Waals surface area contributed by atoms with Crippen molar-refractivity contribution in [2.45, 2.75) is 12.8 Å². The molecule has 1 N–H and O–H groups in total. The summed E-state index contributed by atoms with van der Waals surface area (Å²) < 4.78 is 11.7. The lowest BCUT2D eigenvalue weighted by atomic mass is 9.99. The van der Waals surface area contributed by atoms with Crippen LogP contribution in [0.25, 0.3) is 0 Å². The third-order valence-corrected chi connectivity index (χ3v) is 4.58. The van der Waals surface area contributed by atoms with E-state index >= 15 is 0 Å². The minimum absolute atomic E-state index is 0.108. The fourth-order valence-electron chi connectivity index (χ4n) is 2.86. The normalized spacial score (nSPS) is 16.8. The highest BCUT2D eigenvalue weighted by molar-refractivity contribution is 9.10. The molecule has 0 radical (unpaired) electrons. The Morgan fingerprint density at radius 3 is 2.96 bits per heavy atom. The van der Waals surface area contributed by atoms with Crippen LogP contribution < -0.4 is 14.8 Å². The van der Waals surface area contributed by atoms with Gasteiger partial charge in [0.1, 0.15) is 5.75 Å². The third kappa shape index (κ3) is 5.08. The SMILES string of the molecule is COc1cccc(NC(=O)N2CCCC(COc3ncc(Br)cn3)C2)c1. The molecule has 1 unspecified atom stereocenters. The molecule has 1 atom stereocenters. The van der Waals surface area contributed by atoms with E-state index in [1.807, 2.05) is 23.1 Å². The van der Waals surface area contributed by atoms with Crippen LogP contribution >= 0.6 is 15.9 Å². The van der Waals surface area contributed by atoms with Crippen LogP contribution in [-0.4, -0.2) is 47.7 Å². The van der Waals surface area contributed by atoms with Crippen molar-refractivity contribution in [1.82, 2.24) is 14.9 Å². The molecule has 1 aliphatic heterocycles. The lowest BCUT2D eigenvalue weighted by molar-refractivity contribution is 0.140. The number of benzene rings is 1. The van der Waals surface area contributed by atoms with Crippen LogP contribution in [0.15, 0.2) is 41.1 Å². The average Bonchev–Trinajstić information content (AvgIpc) is 2.68. The number of urea groups is 1. The van der Waals surface area contributed by atoms with Crippen LogP contribution in [0.2, 0.25) is 0 Å². The predicted octanol–water partition coefficient (Wildman–Crippen LogP) is 3.57. The molecule has 0 saturated carbocycles. The molecule has 0 aliphatic carbocycles. The maximum absolute atomic E-state index is 12.5. The first-order chi connectivity index (χ1) is 12.6. The van der Waals surface area contributed by atoms with Gasteiger partial charge in [-0.15, -0.1) is 0 Å². The Morgan fingerprint density at radius 1 is 1.38 bits per heavy atom. The zero-order valence-corrected chi connectivity index (χ0v) is 16.1. The molecule has 0 bridgehead atoms. The van der Waals surface area contributed by atoms with Gasteiger partial charge in [0.2, 0.25) is 0 Å². The molecule has 8 heteroatoms. The van der Waals surface area contributed by atoms with Gasteiger partial charge in [0.05, 0.1) is 18.2 Å². The number of hydrogen-bond donors (Lipinski definition) is 1. The van der Waals surface area contributed by atoms with E-state index in [1.54, 1.807) is 25.6 Å². The monoisotopic (exact) mass is 420 g/mol. The lowest BCUT2D eigenvalue weighted by Gasteiger charge is -2.32. The Bertz CT molecular complexity index is 741. The van der Waals surface area contributed by atoms with Crippen LogP contribution in [0, 0.1) is 5.92 Å². The van der Waals surface area contributed by atoms with Gasteiger partial charge in [-0.25, -0.2) is 14.8 Å². The smallest absolute Gasteiger partial charge is 0.321 e. The van der Waals surface area contributed by atoms with Gasteiger partial charge in [0.15, 0.2) is 0 Å². The summed E-state index contributed by atoms with van der Waals surface area (Å²) >= 11 is 3.29. The van der Waals surface area contributed by atoms with E-state index in [-0.39, 0.29) is 11.9 Å². The van der Waals surface area contributed by atoms with Crippen LogP contribution in [0.4, 0.5) is 10.5 Å². The second-order valence-corrected chi connectivity index (χ2v) is 7.03. The molecule has 1 saturated heterocycles. The van der Waals surface area contributed by atoms with Crippen LogP contribution in [-0.2, 0) is 0 Å². The van der Waals surface area contributed by atoms with Gasteiger partial charge >= 0.3 is 12.0 Å². The average molecular weight is 421 g/mol. The minimum Gasteiger partial charge on any atom is -0.497 e. The molecule has 2 amide bonds. The first-order valence-corrected chi connectivity index (χ1v) is 9.23. The highest BCUT2D eigenvalue weighted by atomic mass is 79.9. The molecule has 138 valence electrons. The summed E-state index contributed by atoms with van der Waals surface area (Å²) in [5.41, 5.74) is 0.719. The van der Waals surface area contributed by atoms with Gasteiger partial charge in [-0.05, 0) is 40.9 Å². The maximum atomic E-state index is 12.5. The van der Waals surface area contributed by atoms with Crippen molar-refractivity contribution in [3.63, 3.8) is 0 Å². The molecule has 1 aliphatic rings. The molecule has 1 aromatic heterocycles. The van der Waals surface area contributed by atoms with E-state index in [9.17, 15) is 4.79 Å². The summed E-state index contributed by atoms with van der Waals surface area (Å²) in [6.07, 6.45) is 5.26. The van der Waals surface area contributed by atoms with Gasteiger partial charge in [0.25, 0.3) is 0 Å². The largest absolute Gasteiger partial charge is 0.497 e.